The number of nitrogens with one attached hydrogen (secondary N) is 3. The van der Waals surface area contributed by atoms with Crippen molar-refractivity contribution in [3.05, 3.63) is 23.8 Å². The van der Waals surface area contributed by atoms with E-state index in [2.05, 4.69) is 22.9 Å². The highest BCUT2D eigenvalue weighted by atomic mass is 16.1. The highest BCUT2D eigenvalue weighted by Gasteiger charge is 2.24. The maximum Gasteiger partial charge on any atom is 0.253 e. The van der Waals surface area contributed by atoms with E-state index in [1.165, 1.54) is 19.3 Å². The zero-order valence-corrected chi connectivity index (χ0v) is 12.0. The van der Waals surface area contributed by atoms with Gasteiger partial charge in [-0.05, 0) is 30.4 Å². The van der Waals surface area contributed by atoms with E-state index in [-0.39, 0.29) is 5.91 Å². The summed E-state index contributed by atoms with van der Waals surface area (Å²) in [6, 6.07) is 5.84. The fraction of sp³-hybridized carbons (Fsp3) is 0.562. The Balaban J connectivity index is 1.68. The third-order valence-electron chi connectivity index (χ3n) is 4.62. The van der Waals surface area contributed by atoms with Crippen LogP contribution in [0.3, 0.4) is 0 Å². The number of amides is 1. The summed E-state index contributed by atoms with van der Waals surface area (Å²) in [6.45, 7) is 4.85. The molecule has 2 unspecified atom stereocenters. The first-order valence-electron chi connectivity index (χ1n) is 7.64. The van der Waals surface area contributed by atoms with Gasteiger partial charge in [0, 0.05) is 19.6 Å². The lowest BCUT2D eigenvalue weighted by Gasteiger charge is -2.23. The number of anilines is 2. The molecule has 0 radical (unpaired) electrons. The molecule has 1 amide bonds. The molecule has 4 nitrogen and oxygen atoms in total. The van der Waals surface area contributed by atoms with Gasteiger partial charge in [-0.25, -0.2) is 0 Å². The van der Waals surface area contributed by atoms with Crippen LogP contribution in [0.5, 0.6) is 0 Å². The summed E-state index contributed by atoms with van der Waals surface area (Å²) < 4.78 is 0. The van der Waals surface area contributed by atoms with Crippen molar-refractivity contribution in [3.63, 3.8) is 0 Å². The van der Waals surface area contributed by atoms with Crippen LogP contribution in [0.2, 0.25) is 0 Å². The largest absolute Gasteiger partial charge is 0.382 e. The molecule has 20 heavy (non-hydrogen) atoms. The summed E-state index contributed by atoms with van der Waals surface area (Å²) >= 11 is 0. The molecular formula is C16H23N3O. The van der Waals surface area contributed by atoms with Crippen LogP contribution in [-0.4, -0.2) is 25.5 Å². The first kappa shape index (κ1) is 13.3. The van der Waals surface area contributed by atoms with Crippen LogP contribution in [0, 0.1) is 11.8 Å². The Hall–Kier alpha value is -1.71. The van der Waals surface area contributed by atoms with Crippen LogP contribution >= 0.6 is 0 Å². The summed E-state index contributed by atoms with van der Waals surface area (Å²) in [5, 5.41) is 9.76. The molecule has 1 aliphatic heterocycles. The molecule has 1 aromatic carbocycles. The quantitative estimate of drug-likeness (QED) is 0.793. The Morgan fingerprint density at radius 1 is 1.30 bits per heavy atom. The van der Waals surface area contributed by atoms with Gasteiger partial charge in [0.2, 0.25) is 0 Å². The molecule has 1 fully saturated rings. The average Bonchev–Trinajstić information content (AvgIpc) is 2.89. The lowest BCUT2D eigenvalue weighted by molar-refractivity contribution is 0.0945. The predicted molar refractivity (Wildman–Crippen MR) is 82.3 cm³/mol. The Morgan fingerprint density at radius 2 is 2.15 bits per heavy atom. The van der Waals surface area contributed by atoms with Gasteiger partial charge in [0.15, 0.2) is 0 Å². The number of fused-ring (bicyclic) bond motifs is 1. The van der Waals surface area contributed by atoms with Crippen molar-refractivity contribution in [1.29, 1.82) is 0 Å². The van der Waals surface area contributed by atoms with Gasteiger partial charge in [-0.3, -0.25) is 4.79 Å². The third-order valence-corrected chi connectivity index (χ3v) is 4.62. The van der Waals surface area contributed by atoms with Gasteiger partial charge in [-0.2, -0.15) is 0 Å². The molecule has 3 rings (SSSR count). The maximum atomic E-state index is 12.4. The van der Waals surface area contributed by atoms with E-state index in [1.54, 1.807) is 0 Å². The molecule has 0 saturated heterocycles. The molecule has 0 spiro atoms. The summed E-state index contributed by atoms with van der Waals surface area (Å²) in [5.74, 6) is 1.42. The van der Waals surface area contributed by atoms with Gasteiger partial charge >= 0.3 is 0 Å². The lowest BCUT2D eigenvalue weighted by atomic mass is 9.98. The molecule has 3 N–H and O–H groups in total. The first-order chi connectivity index (χ1) is 9.75. The van der Waals surface area contributed by atoms with Gasteiger partial charge in [-0.1, -0.05) is 25.8 Å². The van der Waals surface area contributed by atoms with Crippen molar-refractivity contribution in [2.45, 2.75) is 26.2 Å². The van der Waals surface area contributed by atoms with Gasteiger partial charge in [-0.15, -0.1) is 0 Å². The van der Waals surface area contributed by atoms with Gasteiger partial charge in [0.05, 0.1) is 16.9 Å². The first-order valence-corrected chi connectivity index (χ1v) is 7.64. The van der Waals surface area contributed by atoms with Crippen molar-refractivity contribution in [2.24, 2.45) is 11.8 Å². The minimum atomic E-state index is 0.0390. The Bertz CT molecular complexity index is 500. The minimum absolute atomic E-state index is 0.0390. The Morgan fingerprint density at radius 3 is 2.95 bits per heavy atom. The van der Waals surface area contributed by atoms with Gasteiger partial charge in [0.1, 0.15) is 0 Å². The number of para-hydroxylation sites is 1. The standard InChI is InChI=1S/C16H23N3O/c1-11-4-2-5-12(11)10-19-16(20)13-6-3-7-14-15(13)18-9-8-17-14/h3,6-7,11-12,17-18H,2,4-5,8-10H2,1H3,(H,19,20). The number of carbonyl (C=O) groups is 1. The third kappa shape index (κ3) is 2.60. The summed E-state index contributed by atoms with van der Waals surface area (Å²) in [4.78, 5) is 12.4. The van der Waals surface area contributed by atoms with Crippen LogP contribution in [-0.2, 0) is 0 Å². The van der Waals surface area contributed by atoms with E-state index in [1.807, 2.05) is 18.2 Å². The minimum Gasteiger partial charge on any atom is -0.382 e. The zero-order valence-electron chi connectivity index (χ0n) is 12.0. The van der Waals surface area contributed by atoms with Crippen molar-refractivity contribution in [1.82, 2.24) is 5.32 Å². The highest BCUT2D eigenvalue weighted by Crippen LogP contribution is 2.31. The van der Waals surface area contributed by atoms with Crippen LogP contribution in [0.25, 0.3) is 0 Å². The Kier molecular flexibility index (Phi) is 3.81. The molecule has 1 aliphatic carbocycles. The second kappa shape index (κ2) is 5.73. The highest BCUT2D eigenvalue weighted by molar-refractivity contribution is 6.02. The van der Waals surface area contributed by atoms with Crippen molar-refractivity contribution < 1.29 is 4.79 Å². The van der Waals surface area contributed by atoms with E-state index in [9.17, 15) is 4.79 Å². The van der Waals surface area contributed by atoms with E-state index >= 15 is 0 Å². The molecule has 1 heterocycles. The average molecular weight is 273 g/mol. The smallest absolute Gasteiger partial charge is 0.253 e. The number of rotatable bonds is 3. The summed E-state index contributed by atoms with van der Waals surface area (Å²) in [5.41, 5.74) is 2.72. The molecule has 2 atom stereocenters. The lowest BCUT2D eigenvalue weighted by Crippen LogP contribution is -2.32. The topological polar surface area (TPSA) is 53.2 Å². The number of hydrogen-bond donors (Lipinski definition) is 3. The monoisotopic (exact) mass is 273 g/mol. The maximum absolute atomic E-state index is 12.4. The Labute approximate surface area is 120 Å². The molecular weight excluding hydrogens is 250 g/mol. The van der Waals surface area contributed by atoms with E-state index in [4.69, 9.17) is 0 Å². The second-order valence-corrected chi connectivity index (χ2v) is 5.96. The zero-order chi connectivity index (χ0) is 13.9. The molecule has 0 bridgehead atoms. The van der Waals surface area contributed by atoms with Crippen molar-refractivity contribution in [2.75, 3.05) is 30.3 Å². The molecule has 2 aliphatic rings. The summed E-state index contributed by atoms with van der Waals surface area (Å²) in [7, 11) is 0. The number of hydrogen-bond acceptors (Lipinski definition) is 3. The SMILES string of the molecule is CC1CCCC1CNC(=O)c1cccc2c1NCCN2. The molecule has 108 valence electrons. The molecule has 1 saturated carbocycles. The second-order valence-electron chi connectivity index (χ2n) is 5.96. The van der Waals surface area contributed by atoms with E-state index in [0.717, 1.165) is 42.5 Å². The fourth-order valence-corrected chi connectivity index (χ4v) is 3.31. The number of benzene rings is 1. The van der Waals surface area contributed by atoms with Crippen LogP contribution in [0.1, 0.15) is 36.5 Å². The van der Waals surface area contributed by atoms with Crippen molar-refractivity contribution >= 4 is 17.3 Å². The van der Waals surface area contributed by atoms with E-state index in [0.29, 0.717) is 5.92 Å². The molecule has 0 aromatic heterocycles. The van der Waals surface area contributed by atoms with Crippen molar-refractivity contribution in [3.8, 4) is 0 Å². The van der Waals surface area contributed by atoms with Crippen LogP contribution < -0.4 is 16.0 Å². The fourth-order valence-electron chi connectivity index (χ4n) is 3.31. The van der Waals surface area contributed by atoms with E-state index < -0.39 is 0 Å². The predicted octanol–water partition coefficient (Wildman–Crippen LogP) is 2.69. The molecule has 4 heteroatoms. The van der Waals surface area contributed by atoms with Gasteiger partial charge < -0.3 is 16.0 Å². The number of carbonyl (C=O) groups excluding carboxylic acids is 1. The normalized spacial score (nSPS) is 24.4. The summed E-state index contributed by atoms with van der Waals surface area (Å²) in [6.07, 6.45) is 3.84. The van der Waals surface area contributed by atoms with Gasteiger partial charge in [0.25, 0.3) is 5.91 Å². The molecule has 1 aromatic rings. The van der Waals surface area contributed by atoms with Crippen LogP contribution in [0.15, 0.2) is 18.2 Å². The van der Waals surface area contributed by atoms with Crippen LogP contribution in [0.4, 0.5) is 11.4 Å².